The molecule has 22 rings (SSSR count). The van der Waals surface area contributed by atoms with Crippen molar-refractivity contribution < 1.29 is 8.83 Å². The molecule has 0 radical (unpaired) electrons. The number of hydrogen-bond acceptors (Lipinski definition) is 8. The molecular weight excluding hydrogens is 1370 g/mol. The van der Waals surface area contributed by atoms with Crippen LogP contribution in [0.1, 0.15) is 0 Å². The van der Waals surface area contributed by atoms with Gasteiger partial charge in [-0.3, -0.25) is 0 Å². The molecule has 0 bridgehead atoms. The highest BCUT2D eigenvalue weighted by atomic mass is 16.3. The number of benzene rings is 16. The smallest absolute Gasteiger partial charge is 0.164 e. The van der Waals surface area contributed by atoms with E-state index in [0.29, 0.717) is 34.9 Å². The minimum absolute atomic E-state index is 0.589. The van der Waals surface area contributed by atoms with E-state index in [1.807, 2.05) is 109 Å². The fraction of sp³-hybridized carbons (Fsp3) is 0. The first-order valence-electron chi connectivity index (χ1n) is 37.5. The highest BCUT2D eigenvalue weighted by Crippen LogP contribution is 2.42. The van der Waals surface area contributed by atoms with Gasteiger partial charge in [0.2, 0.25) is 0 Å². The maximum absolute atomic E-state index is 6.24. The Morgan fingerprint density at radius 2 is 0.420 bits per heavy atom. The molecule has 22 aromatic rings. The average molecular weight is 1430 g/mol. The van der Waals surface area contributed by atoms with Crippen molar-refractivity contribution in [2.75, 3.05) is 0 Å². The third-order valence-electron chi connectivity index (χ3n) is 21.3. The minimum Gasteiger partial charge on any atom is -0.456 e. The Bertz CT molecular complexity index is 7220. The van der Waals surface area contributed by atoms with Gasteiger partial charge >= 0.3 is 0 Å². The van der Waals surface area contributed by atoms with Gasteiger partial charge in [-0.25, -0.2) is 29.9 Å². The highest BCUT2D eigenvalue weighted by molar-refractivity contribution is 6.13. The van der Waals surface area contributed by atoms with Crippen molar-refractivity contribution in [2.45, 2.75) is 0 Å². The summed E-state index contributed by atoms with van der Waals surface area (Å²) in [6.45, 7) is 0. The molecule has 112 heavy (non-hydrogen) atoms. The zero-order valence-corrected chi connectivity index (χ0v) is 60.3. The van der Waals surface area contributed by atoms with Crippen molar-refractivity contribution in [3.8, 4) is 124 Å². The molecule has 0 spiro atoms. The van der Waals surface area contributed by atoms with Crippen LogP contribution < -0.4 is 0 Å². The molecule has 0 aliphatic rings. The van der Waals surface area contributed by atoms with Crippen LogP contribution in [-0.2, 0) is 0 Å². The lowest BCUT2D eigenvalue weighted by Gasteiger charge is -2.12. The van der Waals surface area contributed by atoms with Crippen molar-refractivity contribution in [1.82, 2.24) is 39.0 Å². The van der Waals surface area contributed by atoms with Gasteiger partial charge in [0.1, 0.15) is 22.3 Å². The maximum Gasteiger partial charge on any atom is 0.164 e. The number of furan rings is 2. The Morgan fingerprint density at radius 3 is 0.866 bits per heavy atom. The third kappa shape index (κ3) is 11.9. The van der Waals surface area contributed by atoms with Crippen LogP contribution in [0.25, 0.3) is 212 Å². The second-order valence-electron chi connectivity index (χ2n) is 28.1. The largest absolute Gasteiger partial charge is 0.456 e. The van der Waals surface area contributed by atoms with E-state index in [-0.39, 0.29) is 0 Å². The number of hydrogen-bond donors (Lipinski definition) is 0. The Labute approximate surface area is 643 Å². The predicted octanol–water partition coefficient (Wildman–Crippen LogP) is 26.4. The molecular formula is C102H64N8O2. The van der Waals surface area contributed by atoms with Gasteiger partial charge in [0.15, 0.2) is 34.9 Å². The first-order valence-corrected chi connectivity index (χ1v) is 37.5. The van der Waals surface area contributed by atoms with E-state index in [9.17, 15) is 0 Å². The molecule has 0 atom stereocenters. The van der Waals surface area contributed by atoms with Crippen LogP contribution in [0.2, 0.25) is 0 Å². The number of aromatic nitrogens is 8. The monoisotopic (exact) mass is 1430 g/mol. The summed E-state index contributed by atoms with van der Waals surface area (Å²) in [5.74, 6) is 3.63. The molecule has 0 saturated carbocycles. The van der Waals surface area contributed by atoms with E-state index in [1.165, 1.54) is 54.8 Å². The van der Waals surface area contributed by atoms with Crippen LogP contribution in [0.3, 0.4) is 0 Å². The molecule has 6 aromatic heterocycles. The fourth-order valence-corrected chi connectivity index (χ4v) is 15.9. The summed E-state index contributed by atoms with van der Waals surface area (Å²) in [4.78, 5) is 30.1. The summed E-state index contributed by atoms with van der Waals surface area (Å²) in [7, 11) is 0. The SMILES string of the molecule is c1ccc(-c2ccc3c(c2)c2cc(-c4ccccc4)ccc2n3-c2cccc(-c3ccc(-c4nc(-c5ccccc5)nc(-c5ccc6c(c5)oc5ccccc56)n4)cc3)c2)cc1.c1ccc(-c2nc(-c3cccc(-c4cccc(-n5c6ccccc6c6ccccc65)c4)c3)nc(-c3ccc4c(c3)oc3ccccc34)n2)cc1. The first kappa shape index (κ1) is 65.1. The van der Waals surface area contributed by atoms with E-state index >= 15 is 0 Å². The summed E-state index contributed by atoms with van der Waals surface area (Å²) in [5, 5.41) is 9.24. The summed E-state index contributed by atoms with van der Waals surface area (Å²) in [5.41, 5.74) is 24.8. The lowest BCUT2D eigenvalue weighted by Crippen LogP contribution is -2.00. The van der Waals surface area contributed by atoms with Crippen molar-refractivity contribution in [3.05, 3.63) is 388 Å². The molecule has 0 unspecified atom stereocenters. The lowest BCUT2D eigenvalue weighted by atomic mass is 10.0. The van der Waals surface area contributed by atoms with E-state index < -0.39 is 0 Å². The molecule has 0 aliphatic carbocycles. The van der Waals surface area contributed by atoms with Gasteiger partial charge in [0, 0.05) is 87.8 Å². The topological polar surface area (TPSA) is 113 Å². The van der Waals surface area contributed by atoms with Crippen LogP contribution in [0.5, 0.6) is 0 Å². The minimum atomic E-state index is 0.589. The summed E-state index contributed by atoms with van der Waals surface area (Å²) < 4.78 is 17.2. The van der Waals surface area contributed by atoms with Crippen LogP contribution in [0.4, 0.5) is 0 Å². The van der Waals surface area contributed by atoms with Gasteiger partial charge in [-0.05, 0) is 148 Å². The average Bonchev–Trinajstić information content (AvgIpc) is 1.58. The molecule has 0 aliphatic heterocycles. The first-order chi connectivity index (χ1) is 55.5. The summed E-state index contributed by atoms with van der Waals surface area (Å²) in [6.07, 6.45) is 0. The molecule has 524 valence electrons. The molecule has 0 amide bonds. The Morgan fingerprint density at radius 1 is 0.152 bits per heavy atom. The fourth-order valence-electron chi connectivity index (χ4n) is 15.9. The molecule has 0 N–H and O–H groups in total. The number of rotatable bonds is 12. The standard InChI is InChI=1S/C57H36N4O.C45H28N4O/c1-4-13-37(14-5-1)43-28-31-51-49(34-43)50-35-44(38-15-6-2-7-16-38)29-32-52(50)61(51)46-20-12-19-42(33-46)39-23-25-41(26-24-39)56-58-55(40-17-8-3-9-18-40)59-57(60-56)45-27-30-48-47-21-10-11-22-53(47)62-54(48)36-45;1-2-12-29(13-3-1)43-46-44(48-45(47-43)33-24-25-38-37-20-6-9-23-41(37)50-42(38)28-33)32-16-10-14-30(26-32)31-15-11-17-34(27-31)49-39-21-7-4-18-35(39)36-19-5-8-22-40(36)49/h1-36H;1-28H. The molecule has 10 heteroatoms. The molecule has 0 saturated heterocycles. The van der Waals surface area contributed by atoms with Crippen molar-refractivity contribution >= 4 is 87.5 Å². The third-order valence-corrected chi connectivity index (χ3v) is 21.3. The zero-order chi connectivity index (χ0) is 74.0. The molecule has 0 fully saturated rings. The van der Waals surface area contributed by atoms with Gasteiger partial charge in [-0.1, -0.05) is 285 Å². The van der Waals surface area contributed by atoms with Gasteiger partial charge in [-0.15, -0.1) is 0 Å². The van der Waals surface area contributed by atoms with Crippen molar-refractivity contribution in [1.29, 1.82) is 0 Å². The van der Waals surface area contributed by atoms with Gasteiger partial charge < -0.3 is 18.0 Å². The van der Waals surface area contributed by atoms with Gasteiger partial charge in [-0.2, -0.15) is 0 Å². The highest BCUT2D eigenvalue weighted by Gasteiger charge is 2.21. The Hall–Kier alpha value is -15.3. The number of nitrogens with zero attached hydrogens (tertiary/aromatic N) is 8. The van der Waals surface area contributed by atoms with Crippen molar-refractivity contribution in [3.63, 3.8) is 0 Å². The van der Waals surface area contributed by atoms with Crippen molar-refractivity contribution in [2.24, 2.45) is 0 Å². The van der Waals surface area contributed by atoms with Crippen LogP contribution in [0, 0.1) is 0 Å². The molecule has 16 aromatic carbocycles. The Balaban J connectivity index is 0.000000145. The van der Waals surface area contributed by atoms with Crippen LogP contribution >= 0.6 is 0 Å². The second-order valence-corrected chi connectivity index (χ2v) is 28.1. The molecule has 10 nitrogen and oxygen atoms in total. The summed E-state index contributed by atoms with van der Waals surface area (Å²) >= 11 is 0. The quantitative estimate of drug-likeness (QED) is 0.119. The van der Waals surface area contributed by atoms with E-state index in [4.69, 9.17) is 38.7 Å². The zero-order valence-electron chi connectivity index (χ0n) is 60.3. The number of para-hydroxylation sites is 4. The maximum atomic E-state index is 6.24. The van der Waals surface area contributed by atoms with E-state index in [1.54, 1.807) is 0 Å². The molecule has 6 heterocycles. The second kappa shape index (κ2) is 27.5. The number of fused-ring (bicyclic) bond motifs is 12. The van der Waals surface area contributed by atoms with E-state index in [0.717, 1.165) is 122 Å². The van der Waals surface area contributed by atoms with E-state index in [2.05, 4.69) is 288 Å². The lowest BCUT2D eigenvalue weighted by molar-refractivity contribution is 0.668. The van der Waals surface area contributed by atoms with Gasteiger partial charge in [0.25, 0.3) is 0 Å². The normalized spacial score (nSPS) is 11.6. The van der Waals surface area contributed by atoms with Crippen LogP contribution in [0.15, 0.2) is 397 Å². The Kier molecular flexibility index (Phi) is 16.0. The summed E-state index contributed by atoms with van der Waals surface area (Å²) in [6, 6.07) is 135. The predicted molar refractivity (Wildman–Crippen MR) is 457 cm³/mol. The van der Waals surface area contributed by atoms with Gasteiger partial charge in [0.05, 0.1) is 22.1 Å². The van der Waals surface area contributed by atoms with Crippen LogP contribution in [-0.4, -0.2) is 39.0 Å².